The number of imide groups is 1. The van der Waals surface area contributed by atoms with E-state index in [4.69, 9.17) is 4.74 Å². The summed E-state index contributed by atoms with van der Waals surface area (Å²) in [5.41, 5.74) is 6.32. The standard InChI is InChI=1S/C34H28N4O4/c1-2-19-42-23-13-11-22(12-14-23)38-32(40)29-28-24-7-3-5-9-26(24)34(30(29)33(38)41,27-10-6-4-8-25(27)28)20-36-37-31(39)21-15-17-35-18-16-21/h3-18,20,28-30H,2,19H2,1H3,(H,37,39)/b36-20-/t28?,29-,30+,34?/m1/s1. The number of aromatic nitrogens is 1. The molecule has 0 unspecified atom stereocenters. The molecule has 1 saturated heterocycles. The van der Waals surface area contributed by atoms with E-state index in [2.05, 4.69) is 15.5 Å². The predicted octanol–water partition coefficient (Wildman–Crippen LogP) is 4.84. The number of hydrogen-bond acceptors (Lipinski definition) is 6. The number of rotatable bonds is 7. The van der Waals surface area contributed by atoms with Crippen LogP contribution in [0.4, 0.5) is 5.69 Å². The summed E-state index contributed by atoms with van der Waals surface area (Å²) >= 11 is 0. The van der Waals surface area contributed by atoms with Gasteiger partial charge >= 0.3 is 0 Å². The summed E-state index contributed by atoms with van der Waals surface area (Å²) in [4.78, 5) is 46.9. The minimum absolute atomic E-state index is 0.236. The summed E-state index contributed by atoms with van der Waals surface area (Å²) in [5, 5.41) is 4.45. The van der Waals surface area contributed by atoms with Crippen LogP contribution in [0.2, 0.25) is 0 Å². The molecule has 1 fully saturated rings. The zero-order valence-corrected chi connectivity index (χ0v) is 22.9. The van der Waals surface area contributed by atoms with Gasteiger partial charge in [-0.05, 0) is 65.1 Å². The normalized spacial score (nSPS) is 23.5. The van der Waals surface area contributed by atoms with Crippen LogP contribution in [0.15, 0.2) is 102 Å². The van der Waals surface area contributed by atoms with Gasteiger partial charge in [-0.2, -0.15) is 5.10 Å². The molecule has 2 bridgehead atoms. The van der Waals surface area contributed by atoms with Gasteiger partial charge in [0.25, 0.3) is 5.91 Å². The van der Waals surface area contributed by atoms with Crippen molar-refractivity contribution in [3.05, 3.63) is 125 Å². The highest BCUT2D eigenvalue weighted by Gasteiger charge is 2.68. The summed E-state index contributed by atoms with van der Waals surface area (Å²) in [6.07, 6.45) is 5.61. The molecule has 42 heavy (non-hydrogen) atoms. The maximum Gasteiger partial charge on any atom is 0.271 e. The van der Waals surface area contributed by atoms with Crippen molar-refractivity contribution in [1.29, 1.82) is 0 Å². The molecule has 8 rings (SSSR count). The lowest BCUT2D eigenvalue weighted by Crippen LogP contribution is -2.54. The zero-order valence-electron chi connectivity index (χ0n) is 22.9. The Kier molecular flexibility index (Phi) is 6.19. The summed E-state index contributed by atoms with van der Waals surface area (Å²) in [6, 6.07) is 26.2. The van der Waals surface area contributed by atoms with E-state index in [1.807, 2.05) is 55.5 Å². The van der Waals surface area contributed by atoms with Crippen LogP contribution in [0.1, 0.15) is 51.9 Å². The first-order valence-corrected chi connectivity index (χ1v) is 14.1. The maximum absolute atomic E-state index is 14.5. The molecule has 1 aliphatic heterocycles. The van der Waals surface area contributed by atoms with Crippen LogP contribution in [0.25, 0.3) is 0 Å². The summed E-state index contributed by atoms with van der Waals surface area (Å²) in [5.74, 6) is -1.87. The molecule has 8 nitrogen and oxygen atoms in total. The molecule has 3 amide bonds. The summed E-state index contributed by atoms with van der Waals surface area (Å²) < 4.78 is 5.72. The number of anilines is 1. The lowest BCUT2D eigenvalue weighted by atomic mass is 9.47. The fourth-order valence-corrected chi connectivity index (χ4v) is 6.98. The fourth-order valence-electron chi connectivity index (χ4n) is 6.98. The Morgan fingerprint density at radius 1 is 0.929 bits per heavy atom. The molecule has 1 N–H and O–H groups in total. The van der Waals surface area contributed by atoms with Crippen molar-refractivity contribution in [2.75, 3.05) is 11.5 Å². The predicted molar refractivity (Wildman–Crippen MR) is 157 cm³/mol. The van der Waals surface area contributed by atoms with E-state index in [0.717, 1.165) is 28.7 Å². The second-order valence-corrected chi connectivity index (χ2v) is 10.8. The van der Waals surface area contributed by atoms with Crippen LogP contribution in [-0.4, -0.2) is 35.5 Å². The van der Waals surface area contributed by atoms with Gasteiger partial charge in [0.15, 0.2) is 0 Å². The van der Waals surface area contributed by atoms with E-state index in [-0.39, 0.29) is 17.7 Å². The Bertz CT molecular complexity index is 1690. The van der Waals surface area contributed by atoms with Gasteiger partial charge < -0.3 is 4.74 Å². The average Bonchev–Trinajstić information content (AvgIpc) is 3.31. The van der Waals surface area contributed by atoms with E-state index >= 15 is 0 Å². The summed E-state index contributed by atoms with van der Waals surface area (Å²) in [7, 11) is 0. The molecular weight excluding hydrogens is 528 g/mol. The van der Waals surface area contributed by atoms with Crippen LogP contribution >= 0.6 is 0 Å². The fraction of sp³-hybridized carbons (Fsp3) is 0.206. The Hall–Kier alpha value is -5.11. The van der Waals surface area contributed by atoms with Crippen LogP contribution in [0.3, 0.4) is 0 Å². The smallest absolute Gasteiger partial charge is 0.271 e. The van der Waals surface area contributed by atoms with E-state index in [1.54, 1.807) is 42.6 Å². The van der Waals surface area contributed by atoms with E-state index < -0.39 is 23.2 Å². The first-order valence-electron chi connectivity index (χ1n) is 14.1. The summed E-state index contributed by atoms with van der Waals surface area (Å²) in [6.45, 7) is 2.62. The Balaban J connectivity index is 1.35. The lowest BCUT2D eigenvalue weighted by Gasteiger charge is -2.52. The Labute approximate surface area is 243 Å². The number of ether oxygens (including phenoxy) is 1. The molecule has 1 aromatic heterocycles. The number of nitrogens with zero attached hydrogens (tertiary/aromatic N) is 3. The highest BCUT2D eigenvalue weighted by molar-refractivity contribution is 6.25. The molecule has 2 atom stereocenters. The Morgan fingerprint density at radius 2 is 1.57 bits per heavy atom. The SMILES string of the molecule is CCCOc1ccc(N2C(=O)[C@@H]3C4c5ccccc5C(/C=N\NC(=O)c5ccncc5)(c5ccccc54)[C@@H]3C2=O)cc1. The van der Waals surface area contributed by atoms with Gasteiger partial charge in [-0.25, -0.2) is 10.3 Å². The number of benzene rings is 3. The molecule has 0 spiro atoms. The van der Waals surface area contributed by atoms with Crippen molar-refractivity contribution in [3.63, 3.8) is 0 Å². The Morgan fingerprint density at radius 3 is 2.21 bits per heavy atom. The van der Waals surface area contributed by atoms with Crippen molar-refractivity contribution >= 4 is 29.6 Å². The second kappa shape index (κ2) is 10.1. The molecule has 4 aliphatic rings. The topological polar surface area (TPSA) is 101 Å². The van der Waals surface area contributed by atoms with Gasteiger partial charge in [0, 0.05) is 30.1 Å². The van der Waals surface area contributed by atoms with Gasteiger partial charge in [-0.1, -0.05) is 55.5 Å². The van der Waals surface area contributed by atoms with Crippen LogP contribution in [0.5, 0.6) is 5.75 Å². The largest absolute Gasteiger partial charge is 0.494 e. The molecule has 3 aromatic carbocycles. The third-order valence-corrected chi connectivity index (χ3v) is 8.63. The molecule has 4 aromatic rings. The molecule has 0 radical (unpaired) electrons. The minimum atomic E-state index is -1.07. The number of hydrogen-bond donors (Lipinski definition) is 1. The van der Waals surface area contributed by atoms with Gasteiger partial charge in [0.1, 0.15) is 5.75 Å². The maximum atomic E-state index is 14.5. The van der Waals surface area contributed by atoms with E-state index in [0.29, 0.717) is 23.6 Å². The third kappa shape index (κ3) is 3.71. The molecule has 3 aliphatic carbocycles. The van der Waals surface area contributed by atoms with E-state index in [1.165, 1.54) is 17.3 Å². The monoisotopic (exact) mass is 556 g/mol. The number of amides is 3. The van der Waals surface area contributed by atoms with Gasteiger partial charge in [-0.15, -0.1) is 0 Å². The highest BCUT2D eigenvalue weighted by Crippen LogP contribution is 2.63. The van der Waals surface area contributed by atoms with Gasteiger partial charge in [0.2, 0.25) is 11.8 Å². The number of carbonyl (C=O) groups excluding carboxylic acids is 3. The molecule has 2 heterocycles. The average molecular weight is 557 g/mol. The highest BCUT2D eigenvalue weighted by atomic mass is 16.5. The third-order valence-electron chi connectivity index (χ3n) is 8.63. The van der Waals surface area contributed by atoms with Crippen molar-refractivity contribution < 1.29 is 19.1 Å². The van der Waals surface area contributed by atoms with Crippen molar-refractivity contribution in [2.45, 2.75) is 24.7 Å². The first kappa shape index (κ1) is 25.8. The number of pyridine rings is 1. The van der Waals surface area contributed by atoms with E-state index in [9.17, 15) is 14.4 Å². The van der Waals surface area contributed by atoms with Crippen LogP contribution in [0, 0.1) is 11.8 Å². The first-order chi connectivity index (χ1) is 20.6. The van der Waals surface area contributed by atoms with Crippen LogP contribution in [-0.2, 0) is 15.0 Å². The van der Waals surface area contributed by atoms with Crippen molar-refractivity contribution in [1.82, 2.24) is 10.4 Å². The van der Waals surface area contributed by atoms with Crippen LogP contribution < -0.4 is 15.1 Å². The zero-order chi connectivity index (χ0) is 28.8. The van der Waals surface area contributed by atoms with Gasteiger partial charge in [0.05, 0.1) is 29.5 Å². The molecule has 208 valence electrons. The lowest BCUT2D eigenvalue weighted by molar-refractivity contribution is -0.122. The second-order valence-electron chi connectivity index (χ2n) is 10.8. The number of nitrogens with one attached hydrogen (secondary N) is 1. The number of hydrazone groups is 1. The van der Waals surface area contributed by atoms with Crippen molar-refractivity contribution in [3.8, 4) is 5.75 Å². The molecule has 8 heteroatoms. The van der Waals surface area contributed by atoms with Crippen molar-refractivity contribution in [2.24, 2.45) is 16.9 Å². The minimum Gasteiger partial charge on any atom is -0.494 e. The number of carbonyl (C=O) groups is 3. The molecular formula is C34H28N4O4. The van der Waals surface area contributed by atoms with Gasteiger partial charge in [-0.3, -0.25) is 19.4 Å². The quantitative estimate of drug-likeness (QED) is 0.200. The molecule has 0 saturated carbocycles.